The summed E-state index contributed by atoms with van der Waals surface area (Å²) in [5.74, 6) is 0.793. The van der Waals surface area contributed by atoms with E-state index in [1.54, 1.807) is 12.5 Å². The fraction of sp³-hybridized carbons (Fsp3) is 0.444. The van der Waals surface area contributed by atoms with E-state index in [2.05, 4.69) is 15.0 Å². The summed E-state index contributed by atoms with van der Waals surface area (Å²) in [5.41, 5.74) is 1.72. The molecular weight excluding hydrogens is 178 g/mol. The van der Waals surface area contributed by atoms with E-state index in [1.807, 2.05) is 32.8 Å². The predicted octanol–water partition coefficient (Wildman–Crippen LogP) is 0.560. The normalized spacial score (nSPS) is 12.3. The summed E-state index contributed by atoms with van der Waals surface area (Å²) >= 11 is 0. The minimum absolute atomic E-state index is 0.612. The first-order chi connectivity index (χ1) is 6.48. The topological polar surface area (TPSA) is 43.6 Å². The zero-order chi connectivity index (χ0) is 10.3. The minimum atomic E-state index is 0.612. The lowest BCUT2D eigenvalue weighted by Crippen LogP contribution is -2.36. The summed E-state index contributed by atoms with van der Waals surface area (Å²) < 4.78 is 2.51. The molecule has 0 fully saturated rings. The van der Waals surface area contributed by atoms with Crippen molar-refractivity contribution >= 4 is 17.1 Å². The highest BCUT2D eigenvalue weighted by Crippen LogP contribution is 2.14. The maximum atomic E-state index is 4.47. The molecule has 0 radical (unpaired) electrons. The molecule has 74 valence electrons. The summed E-state index contributed by atoms with van der Waals surface area (Å²) in [6, 6.07) is 0. The van der Waals surface area contributed by atoms with E-state index in [9.17, 15) is 0 Å². The summed E-state index contributed by atoms with van der Waals surface area (Å²) in [6.07, 6.45) is 3.51. The van der Waals surface area contributed by atoms with E-state index in [4.69, 9.17) is 0 Å². The Morgan fingerprint density at radius 3 is 2.57 bits per heavy atom. The predicted molar refractivity (Wildman–Crippen MR) is 55.9 cm³/mol. The van der Waals surface area contributed by atoms with Crippen LogP contribution in [-0.2, 0) is 7.05 Å². The lowest BCUT2D eigenvalue weighted by Gasteiger charge is -2.19. The molecule has 2 aromatic rings. The van der Waals surface area contributed by atoms with Crippen LogP contribution in [0.5, 0.6) is 0 Å². The highest BCUT2D eigenvalue weighted by Gasteiger charge is 2.17. The molecule has 2 aromatic heterocycles. The van der Waals surface area contributed by atoms with Crippen molar-refractivity contribution in [2.24, 2.45) is 7.05 Å². The number of nitrogens with zero attached hydrogens (tertiary/aromatic N) is 5. The Labute approximate surface area is 82.6 Å². The van der Waals surface area contributed by atoms with E-state index in [1.165, 1.54) is 0 Å². The van der Waals surface area contributed by atoms with Crippen LogP contribution in [0.15, 0.2) is 12.5 Å². The lowest BCUT2D eigenvalue weighted by molar-refractivity contribution is 0.460. The highest BCUT2D eigenvalue weighted by atomic mass is 15.4. The Morgan fingerprint density at radius 1 is 1.21 bits per heavy atom. The fourth-order valence-corrected chi connectivity index (χ4v) is 1.23. The molecule has 0 aliphatic rings. The molecule has 14 heavy (non-hydrogen) atoms. The van der Waals surface area contributed by atoms with Crippen molar-refractivity contribution < 1.29 is 0 Å². The van der Waals surface area contributed by atoms with Gasteiger partial charge in [-0.15, -0.1) is 0 Å². The molecule has 0 aliphatic heterocycles. The number of rotatable bonds is 1. The second kappa shape index (κ2) is 2.75. The van der Waals surface area contributed by atoms with Crippen LogP contribution in [-0.4, -0.2) is 40.7 Å². The summed E-state index contributed by atoms with van der Waals surface area (Å²) in [6.45, 7) is 0. The van der Waals surface area contributed by atoms with Gasteiger partial charge >= 0.3 is 5.95 Å². The van der Waals surface area contributed by atoms with E-state index >= 15 is 0 Å². The van der Waals surface area contributed by atoms with Gasteiger partial charge in [-0.05, 0) is 0 Å². The number of quaternary nitrogens is 1. The minimum Gasteiger partial charge on any atom is -0.318 e. The van der Waals surface area contributed by atoms with E-state index in [0.717, 1.165) is 17.1 Å². The van der Waals surface area contributed by atoms with Crippen LogP contribution in [0.3, 0.4) is 0 Å². The van der Waals surface area contributed by atoms with Crippen LogP contribution < -0.4 is 4.48 Å². The number of hydrogen-bond acceptors (Lipinski definition) is 3. The van der Waals surface area contributed by atoms with Gasteiger partial charge < -0.3 is 4.57 Å². The molecule has 2 rings (SSSR count). The standard InChI is InChI=1S/C9H14N5/c1-13-6-11-7-5-10-9(12-8(7)13)14(2,3)4/h5-6H,1-4H3/q+1. The molecule has 5 heteroatoms. The number of aromatic nitrogens is 4. The summed E-state index contributed by atoms with van der Waals surface area (Å²) in [5, 5.41) is 0. The second-order valence-electron chi connectivity index (χ2n) is 4.25. The van der Waals surface area contributed by atoms with Gasteiger partial charge in [0.25, 0.3) is 0 Å². The molecule has 2 heterocycles. The average molecular weight is 192 g/mol. The van der Waals surface area contributed by atoms with Crippen LogP contribution in [0.1, 0.15) is 0 Å². The molecule has 5 nitrogen and oxygen atoms in total. The van der Waals surface area contributed by atoms with Crippen molar-refractivity contribution in [1.29, 1.82) is 0 Å². The van der Waals surface area contributed by atoms with Crippen molar-refractivity contribution in [2.45, 2.75) is 0 Å². The fourth-order valence-electron chi connectivity index (χ4n) is 1.23. The van der Waals surface area contributed by atoms with Gasteiger partial charge in [-0.25, -0.2) is 4.98 Å². The molecule has 0 saturated heterocycles. The Morgan fingerprint density at radius 2 is 1.93 bits per heavy atom. The van der Waals surface area contributed by atoms with Crippen molar-refractivity contribution in [3.63, 3.8) is 0 Å². The summed E-state index contributed by atoms with van der Waals surface area (Å²) in [7, 11) is 8.05. The van der Waals surface area contributed by atoms with Crippen LogP contribution in [0.4, 0.5) is 5.95 Å². The van der Waals surface area contributed by atoms with Gasteiger partial charge in [0.1, 0.15) is 5.52 Å². The number of hydrogen-bond donors (Lipinski definition) is 0. The van der Waals surface area contributed by atoms with Gasteiger partial charge in [-0.2, -0.15) is 9.97 Å². The Kier molecular flexibility index (Phi) is 1.78. The van der Waals surface area contributed by atoms with Crippen molar-refractivity contribution in [3.8, 4) is 0 Å². The van der Waals surface area contributed by atoms with Crippen molar-refractivity contribution in [1.82, 2.24) is 24.0 Å². The zero-order valence-corrected chi connectivity index (χ0v) is 8.89. The molecule has 0 saturated carbocycles. The first kappa shape index (κ1) is 9.08. The zero-order valence-electron chi connectivity index (χ0n) is 8.89. The molecule has 0 bridgehead atoms. The number of fused-ring (bicyclic) bond motifs is 1. The molecule has 0 atom stereocenters. The van der Waals surface area contributed by atoms with Gasteiger partial charge in [-0.1, -0.05) is 0 Å². The average Bonchev–Trinajstić information content (AvgIpc) is 2.46. The maximum Gasteiger partial charge on any atom is 0.330 e. The molecule has 0 aliphatic carbocycles. The van der Waals surface area contributed by atoms with E-state index < -0.39 is 0 Å². The largest absolute Gasteiger partial charge is 0.330 e. The van der Waals surface area contributed by atoms with Crippen LogP contribution in [0, 0.1) is 0 Å². The molecule has 0 spiro atoms. The van der Waals surface area contributed by atoms with Gasteiger partial charge in [0.05, 0.1) is 33.7 Å². The van der Waals surface area contributed by atoms with Crippen LogP contribution in [0.2, 0.25) is 0 Å². The third-order valence-corrected chi connectivity index (χ3v) is 2.04. The van der Waals surface area contributed by atoms with Gasteiger partial charge in [0.15, 0.2) is 5.65 Å². The summed E-state index contributed by atoms with van der Waals surface area (Å²) in [4.78, 5) is 12.9. The van der Waals surface area contributed by atoms with Crippen molar-refractivity contribution in [3.05, 3.63) is 12.5 Å². The number of aryl methyl sites for hydroxylation is 1. The van der Waals surface area contributed by atoms with Crippen molar-refractivity contribution in [2.75, 3.05) is 21.1 Å². The van der Waals surface area contributed by atoms with E-state index in [0.29, 0.717) is 4.48 Å². The highest BCUT2D eigenvalue weighted by molar-refractivity contribution is 5.70. The SMILES string of the molecule is Cn1cnc2cnc([N+](C)(C)C)nc21. The van der Waals surface area contributed by atoms with E-state index in [-0.39, 0.29) is 0 Å². The third kappa shape index (κ3) is 1.35. The molecule has 0 unspecified atom stereocenters. The Balaban J connectivity index is 2.66. The van der Waals surface area contributed by atoms with Crippen LogP contribution in [0.25, 0.3) is 11.2 Å². The van der Waals surface area contributed by atoms with Gasteiger partial charge in [0.2, 0.25) is 0 Å². The monoisotopic (exact) mass is 192 g/mol. The smallest absolute Gasteiger partial charge is 0.318 e. The van der Waals surface area contributed by atoms with Crippen LogP contribution >= 0.6 is 0 Å². The molecule has 0 aromatic carbocycles. The molecule has 0 N–H and O–H groups in total. The molecular formula is C9H14N5+. The van der Waals surface area contributed by atoms with Gasteiger partial charge in [-0.3, -0.25) is 4.48 Å². The Hall–Kier alpha value is -1.49. The lowest BCUT2D eigenvalue weighted by atomic mass is 10.5. The first-order valence-corrected chi connectivity index (χ1v) is 4.44. The van der Waals surface area contributed by atoms with Gasteiger partial charge in [0, 0.05) is 7.05 Å². The first-order valence-electron chi connectivity index (χ1n) is 4.44. The third-order valence-electron chi connectivity index (χ3n) is 2.04. The Bertz CT molecular complexity index is 465. The maximum absolute atomic E-state index is 4.47. The second-order valence-corrected chi connectivity index (χ2v) is 4.25. The molecule has 0 amide bonds. The quantitative estimate of drug-likeness (QED) is 0.620. The number of imidazole rings is 1.